The summed E-state index contributed by atoms with van der Waals surface area (Å²) in [6, 6.07) is 8.25. The third kappa shape index (κ3) is 3.23. The Hall–Kier alpha value is -0.760. The van der Waals surface area contributed by atoms with Gasteiger partial charge in [0.15, 0.2) is 0 Å². The van der Waals surface area contributed by atoms with E-state index in [1.807, 2.05) is 12.1 Å². The molecule has 1 atom stereocenters. The molecule has 0 N–H and O–H groups in total. The van der Waals surface area contributed by atoms with E-state index in [1.165, 1.54) is 10.5 Å². The van der Waals surface area contributed by atoms with Crippen LogP contribution in [0.2, 0.25) is 0 Å². The standard InChI is InChI=1S/C11H14OS/c1-9-5-3-4-6-11(9)13-10(2)7-8-12/h3-6,8,10H,7H2,1-2H3. The van der Waals surface area contributed by atoms with Crippen LogP contribution in [0.15, 0.2) is 29.2 Å². The number of aryl methyl sites for hydroxylation is 1. The van der Waals surface area contributed by atoms with Crippen LogP contribution in [-0.4, -0.2) is 11.5 Å². The molecule has 0 saturated heterocycles. The maximum atomic E-state index is 10.3. The maximum absolute atomic E-state index is 10.3. The summed E-state index contributed by atoms with van der Waals surface area (Å²) in [7, 11) is 0. The van der Waals surface area contributed by atoms with Crippen LogP contribution in [0.3, 0.4) is 0 Å². The number of benzene rings is 1. The van der Waals surface area contributed by atoms with Crippen molar-refractivity contribution >= 4 is 18.0 Å². The van der Waals surface area contributed by atoms with Crippen LogP contribution >= 0.6 is 11.8 Å². The molecule has 0 spiro atoms. The minimum Gasteiger partial charge on any atom is -0.303 e. The van der Waals surface area contributed by atoms with E-state index in [2.05, 4.69) is 26.0 Å². The number of thioether (sulfide) groups is 1. The van der Waals surface area contributed by atoms with Gasteiger partial charge in [-0.25, -0.2) is 0 Å². The van der Waals surface area contributed by atoms with Gasteiger partial charge in [0.1, 0.15) is 6.29 Å². The molecule has 0 aliphatic heterocycles. The molecule has 1 rings (SSSR count). The highest BCUT2D eigenvalue weighted by molar-refractivity contribution is 8.00. The van der Waals surface area contributed by atoms with Crippen molar-refractivity contribution in [3.05, 3.63) is 29.8 Å². The molecule has 0 bridgehead atoms. The first-order valence-electron chi connectivity index (χ1n) is 4.40. The average molecular weight is 194 g/mol. The first-order valence-corrected chi connectivity index (χ1v) is 5.28. The smallest absolute Gasteiger partial charge is 0.121 e. The molecule has 0 aliphatic rings. The Morgan fingerprint density at radius 1 is 1.46 bits per heavy atom. The third-order valence-corrected chi connectivity index (χ3v) is 3.16. The highest BCUT2D eigenvalue weighted by Crippen LogP contribution is 2.27. The van der Waals surface area contributed by atoms with Gasteiger partial charge in [-0.05, 0) is 18.6 Å². The predicted molar refractivity (Wildman–Crippen MR) is 57.2 cm³/mol. The maximum Gasteiger partial charge on any atom is 0.121 e. The molecule has 1 aromatic carbocycles. The van der Waals surface area contributed by atoms with Gasteiger partial charge in [0.05, 0.1) is 0 Å². The van der Waals surface area contributed by atoms with Gasteiger partial charge in [-0.1, -0.05) is 25.1 Å². The van der Waals surface area contributed by atoms with Crippen molar-refractivity contribution in [2.75, 3.05) is 0 Å². The van der Waals surface area contributed by atoms with E-state index in [4.69, 9.17) is 0 Å². The summed E-state index contributed by atoms with van der Waals surface area (Å²) in [6.07, 6.45) is 1.61. The number of carbonyl (C=O) groups excluding carboxylic acids is 1. The van der Waals surface area contributed by atoms with E-state index in [-0.39, 0.29) is 0 Å². The fourth-order valence-electron chi connectivity index (χ4n) is 1.09. The molecule has 2 heteroatoms. The van der Waals surface area contributed by atoms with Crippen LogP contribution in [-0.2, 0) is 4.79 Å². The van der Waals surface area contributed by atoms with E-state index in [1.54, 1.807) is 11.8 Å². The highest BCUT2D eigenvalue weighted by Gasteiger charge is 2.04. The first-order chi connectivity index (χ1) is 6.24. The minimum absolute atomic E-state index is 0.374. The Morgan fingerprint density at radius 3 is 2.77 bits per heavy atom. The minimum atomic E-state index is 0.374. The molecule has 0 aromatic heterocycles. The van der Waals surface area contributed by atoms with Crippen LogP contribution in [0.5, 0.6) is 0 Å². The van der Waals surface area contributed by atoms with Gasteiger partial charge >= 0.3 is 0 Å². The lowest BCUT2D eigenvalue weighted by Crippen LogP contribution is -1.96. The fourth-order valence-corrected chi connectivity index (χ4v) is 2.11. The number of aldehydes is 1. The molecule has 13 heavy (non-hydrogen) atoms. The molecule has 1 aromatic rings. The number of carbonyl (C=O) groups is 1. The van der Waals surface area contributed by atoms with Crippen molar-refractivity contribution in [3.63, 3.8) is 0 Å². The number of hydrogen-bond donors (Lipinski definition) is 0. The Morgan fingerprint density at radius 2 is 2.15 bits per heavy atom. The quantitative estimate of drug-likeness (QED) is 0.541. The fraction of sp³-hybridized carbons (Fsp3) is 0.364. The second-order valence-electron chi connectivity index (χ2n) is 3.10. The summed E-state index contributed by atoms with van der Waals surface area (Å²) in [5, 5.41) is 0.374. The molecule has 0 amide bonds. The van der Waals surface area contributed by atoms with E-state index in [0.29, 0.717) is 11.7 Å². The zero-order chi connectivity index (χ0) is 9.68. The predicted octanol–water partition coefficient (Wildman–Crippen LogP) is 3.06. The second-order valence-corrected chi connectivity index (χ2v) is 4.58. The van der Waals surface area contributed by atoms with Crippen LogP contribution in [0.1, 0.15) is 18.9 Å². The summed E-state index contributed by atoms with van der Waals surface area (Å²) in [5.41, 5.74) is 1.28. The number of rotatable bonds is 4. The lowest BCUT2D eigenvalue weighted by Gasteiger charge is -2.09. The molecule has 0 heterocycles. The van der Waals surface area contributed by atoms with Gasteiger partial charge in [0.25, 0.3) is 0 Å². The summed E-state index contributed by atoms with van der Waals surface area (Å²) < 4.78 is 0. The second kappa shape index (κ2) is 5.07. The normalized spacial score (nSPS) is 12.5. The van der Waals surface area contributed by atoms with Crippen molar-refractivity contribution in [1.82, 2.24) is 0 Å². The molecule has 0 radical (unpaired) electrons. The van der Waals surface area contributed by atoms with Gasteiger partial charge in [0, 0.05) is 16.6 Å². The summed E-state index contributed by atoms with van der Waals surface area (Å²) in [4.78, 5) is 11.6. The monoisotopic (exact) mass is 194 g/mol. The lowest BCUT2D eigenvalue weighted by molar-refractivity contribution is -0.107. The molecule has 70 valence electrons. The van der Waals surface area contributed by atoms with E-state index in [9.17, 15) is 4.79 Å². The molecular formula is C11H14OS. The Kier molecular flexibility index (Phi) is 4.03. The molecular weight excluding hydrogens is 180 g/mol. The van der Waals surface area contributed by atoms with Crippen LogP contribution in [0.25, 0.3) is 0 Å². The first kappa shape index (κ1) is 10.3. The van der Waals surface area contributed by atoms with E-state index in [0.717, 1.165) is 6.29 Å². The van der Waals surface area contributed by atoms with Gasteiger partial charge in [-0.2, -0.15) is 0 Å². The molecule has 0 fully saturated rings. The zero-order valence-corrected chi connectivity index (χ0v) is 8.80. The van der Waals surface area contributed by atoms with Crippen molar-refractivity contribution < 1.29 is 4.79 Å². The third-order valence-electron chi connectivity index (χ3n) is 1.85. The van der Waals surface area contributed by atoms with Gasteiger partial charge in [-0.3, -0.25) is 0 Å². The lowest BCUT2D eigenvalue weighted by atomic mass is 10.2. The van der Waals surface area contributed by atoms with Crippen molar-refractivity contribution in [2.45, 2.75) is 30.4 Å². The van der Waals surface area contributed by atoms with Crippen LogP contribution in [0.4, 0.5) is 0 Å². The molecule has 0 saturated carbocycles. The average Bonchev–Trinajstić information content (AvgIpc) is 2.09. The summed E-state index contributed by atoms with van der Waals surface area (Å²) >= 11 is 1.76. The van der Waals surface area contributed by atoms with Crippen molar-refractivity contribution in [1.29, 1.82) is 0 Å². The summed E-state index contributed by atoms with van der Waals surface area (Å²) in [6.45, 7) is 4.17. The van der Waals surface area contributed by atoms with Gasteiger partial charge < -0.3 is 4.79 Å². The summed E-state index contributed by atoms with van der Waals surface area (Å²) in [5.74, 6) is 0. The van der Waals surface area contributed by atoms with Crippen LogP contribution < -0.4 is 0 Å². The van der Waals surface area contributed by atoms with E-state index >= 15 is 0 Å². The van der Waals surface area contributed by atoms with Crippen molar-refractivity contribution in [3.8, 4) is 0 Å². The van der Waals surface area contributed by atoms with Gasteiger partial charge in [-0.15, -0.1) is 11.8 Å². The zero-order valence-electron chi connectivity index (χ0n) is 7.99. The Bertz CT molecular complexity index is 283. The largest absolute Gasteiger partial charge is 0.303 e. The van der Waals surface area contributed by atoms with E-state index < -0.39 is 0 Å². The topological polar surface area (TPSA) is 17.1 Å². The van der Waals surface area contributed by atoms with Crippen LogP contribution in [0, 0.1) is 6.92 Å². The SMILES string of the molecule is Cc1ccccc1SC(C)CC=O. The molecule has 1 unspecified atom stereocenters. The molecule has 0 aliphatic carbocycles. The van der Waals surface area contributed by atoms with Crippen molar-refractivity contribution in [2.24, 2.45) is 0 Å². The number of hydrogen-bond acceptors (Lipinski definition) is 2. The Labute approximate surface area is 83.5 Å². The molecule has 1 nitrogen and oxygen atoms in total. The Balaban J connectivity index is 2.63. The highest BCUT2D eigenvalue weighted by atomic mass is 32.2. The van der Waals surface area contributed by atoms with Gasteiger partial charge in [0.2, 0.25) is 0 Å².